The van der Waals surface area contributed by atoms with Crippen molar-refractivity contribution in [3.8, 4) is 0 Å². The Morgan fingerprint density at radius 3 is 2.59 bits per heavy atom. The molecule has 1 aromatic carbocycles. The molecular weight excluding hydrogens is 394 g/mol. The van der Waals surface area contributed by atoms with Crippen molar-refractivity contribution in [2.24, 2.45) is 5.92 Å². The first-order valence-corrected chi connectivity index (χ1v) is 11.7. The summed E-state index contributed by atoms with van der Waals surface area (Å²) in [6.45, 7) is 17.2. The number of allylic oxidation sites excluding steroid dienone is 5. The molecule has 1 heterocycles. The van der Waals surface area contributed by atoms with E-state index in [9.17, 15) is 4.79 Å². The van der Waals surface area contributed by atoms with Crippen molar-refractivity contribution in [1.29, 1.82) is 5.41 Å². The number of hydrogen-bond donors (Lipinski definition) is 3. The van der Waals surface area contributed by atoms with Gasteiger partial charge in [-0.1, -0.05) is 46.4 Å². The Balaban J connectivity index is 2.64. The summed E-state index contributed by atoms with van der Waals surface area (Å²) in [6, 6.07) is 4.79. The molecule has 0 bridgehead atoms. The maximum atomic E-state index is 12.0. The van der Waals surface area contributed by atoms with Crippen LogP contribution in [0.1, 0.15) is 70.2 Å². The molecule has 32 heavy (non-hydrogen) atoms. The molecule has 0 fully saturated rings. The van der Waals surface area contributed by atoms with Gasteiger partial charge in [-0.05, 0) is 73.4 Å². The lowest BCUT2D eigenvalue weighted by molar-refractivity contribution is -0.113. The summed E-state index contributed by atoms with van der Waals surface area (Å²) in [4.78, 5) is 12.0. The molecule has 4 heteroatoms. The molecule has 1 unspecified atom stereocenters. The molecule has 0 aromatic heterocycles. The lowest BCUT2D eigenvalue weighted by Crippen LogP contribution is -2.38. The molecule has 172 valence electrons. The van der Waals surface area contributed by atoms with Crippen LogP contribution in [0, 0.1) is 11.3 Å². The van der Waals surface area contributed by atoms with Crippen LogP contribution in [-0.2, 0) is 17.6 Å². The summed E-state index contributed by atoms with van der Waals surface area (Å²) in [5.41, 5.74) is 8.04. The van der Waals surface area contributed by atoms with Crippen LogP contribution in [0.15, 0.2) is 48.2 Å². The molecule has 2 rings (SSSR count). The van der Waals surface area contributed by atoms with Crippen molar-refractivity contribution in [3.05, 3.63) is 70.5 Å². The largest absolute Gasteiger partial charge is 0.390 e. The molecule has 0 aliphatic carbocycles. The zero-order chi connectivity index (χ0) is 23.8. The van der Waals surface area contributed by atoms with Crippen LogP contribution in [0.3, 0.4) is 0 Å². The molecule has 1 aliphatic heterocycles. The number of carbonyl (C=O) groups is 1. The Kier molecular flexibility index (Phi) is 9.25. The second kappa shape index (κ2) is 11.7. The lowest BCUT2D eigenvalue weighted by atomic mass is 9.83. The Morgan fingerprint density at radius 1 is 1.34 bits per heavy atom. The van der Waals surface area contributed by atoms with Crippen molar-refractivity contribution in [1.82, 2.24) is 10.6 Å². The van der Waals surface area contributed by atoms with Gasteiger partial charge in [0.15, 0.2) is 5.78 Å². The van der Waals surface area contributed by atoms with Gasteiger partial charge in [-0.2, -0.15) is 0 Å². The summed E-state index contributed by atoms with van der Waals surface area (Å²) < 4.78 is 0. The van der Waals surface area contributed by atoms with Crippen molar-refractivity contribution in [3.63, 3.8) is 0 Å². The minimum atomic E-state index is 0.0238. The first-order chi connectivity index (χ1) is 15.3. The Morgan fingerprint density at radius 2 is 2.06 bits per heavy atom. The molecule has 0 radical (unpaired) electrons. The van der Waals surface area contributed by atoms with Gasteiger partial charge in [0.05, 0.1) is 0 Å². The van der Waals surface area contributed by atoms with Crippen LogP contribution >= 0.6 is 0 Å². The van der Waals surface area contributed by atoms with Gasteiger partial charge in [-0.25, -0.2) is 0 Å². The molecule has 1 aliphatic rings. The average molecular weight is 434 g/mol. The van der Waals surface area contributed by atoms with Gasteiger partial charge in [-0.15, -0.1) is 0 Å². The van der Waals surface area contributed by atoms with Gasteiger partial charge in [0.1, 0.15) is 0 Å². The standard InChI is InChI=1S/C28H39N3O/c1-8-11-30-17-23(16-29)25-14-22-15-27(18(4)5)31-28(26(22)13-21(25)9-2)12-19(6)24(10-3)20(7)32/h10,12-14,16-18,27,29-31H,6,8-9,11,15H2,1-5,7H3/b23-17+,24-10+,28-12-,29-16?. The van der Waals surface area contributed by atoms with E-state index in [0.717, 1.165) is 53.8 Å². The third-order valence-electron chi connectivity index (χ3n) is 6.04. The van der Waals surface area contributed by atoms with E-state index in [0.29, 0.717) is 17.5 Å². The lowest BCUT2D eigenvalue weighted by Gasteiger charge is -2.33. The second-order valence-electron chi connectivity index (χ2n) is 8.76. The summed E-state index contributed by atoms with van der Waals surface area (Å²) in [5.74, 6) is 0.475. The van der Waals surface area contributed by atoms with Gasteiger partial charge in [-0.3, -0.25) is 4.79 Å². The molecule has 4 nitrogen and oxygen atoms in total. The van der Waals surface area contributed by atoms with Gasteiger partial charge < -0.3 is 16.0 Å². The molecular formula is C28H39N3O. The van der Waals surface area contributed by atoms with Crippen molar-refractivity contribution < 1.29 is 4.79 Å². The highest BCUT2D eigenvalue weighted by molar-refractivity contribution is 6.09. The number of fused-ring (bicyclic) bond motifs is 1. The predicted octanol–water partition coefficient (Wildman–Crippen LogP) is 5.84. The third kappa shape index (κ3) is 5.87. The van der Waals surface area contributed by atoms with Crippen LogP contribution < -0.4 is 10.6 Å². The number of carbonyl (C=O) groups excluding carboxylic acids is 1. The smallest absolute Gasteiger partial charge is 0.160 e. The van der Waals surface area contributed by atoms with Gasteiger partial charge in [0.25, 0.3) is 0 Å². The highest BCUT2D eigenvalue weighted by Crippen LogP contribution is 2.33. The van der Waals surface area contributed by atoms with E-state index in [1.54, 1.807) is 6.92 Å². The number of aryl methyl sites for hydroxylation is 1. The first-order valence-electron chi connectivity index (χ1n) is 11.7. The number of Topliss-reactive ketones (excluding diaryl/α,β-unsaturated/α-hetero) is 1. The molecule has 0 amide bonds. The fraction of sp³-hybridized carbons (Fsp3) is 0.429. The summed E-state index contributed by atoms with van der Waals surface area (Å²) in [7, 11) is 0. The second-order valence-corrected chi connectivity index (χ2v) is 8.76. The Bertz CT molecular complexity index is 963. The Hall–Kier alpha value is -2.88. The number of ketones is 1. The zero-order valence-corrected chi connectivity index (χ0v) is 20.6. The summed E-state index contributed by atoms with van der Waals surface area (Å²) >= 11 is 0. The quantitative estimate of drug-likeness (QED) is 0.188. The van der Waals surface area contributed by atoms with E-state index in [4.69, 9.17) is 5.41 Å². The maximum absolute atomic E-state index is 12.0. The van der Waals surface area contributed by atoms with Crippen molar-refractivity contribution in [2.75, 3.05) is 6.54 Å². The van der Waals surface area contributed by atoms with Crippen LogP contribution in [0.2, 0.25) is 0 Å². The fourth-order valence-electron chi connectivity index (χ4n) is 4.15. The van der Waals surface area contributed by atoms with Gasteiger partial charge in [0, 0.05) is 47.4 Å². The van der Waals surface area contributed by atoms with E-state index in [1.165, 1.54) is 17.3 Å². The van der Waals surface area contributed by atoms with Crippen LogP contribution in [0.25, 0.3) is 11.3 Å². The minimum Gasteiger partial charge on any atom is -0.390 e. The first kappa shape index (κ1) is 25.4. The fourth-order valence-corrected chi connectivity index (χ4v) is 4.15. The SMILES string of the molecule is C=C(/C=C1\NC(C(C)C)Cc2cc(/C(C=N)=C/NCCC)c(CC)cc21)/C(=C\C)C(C)=O. The normalized spacial score (nSPS) is 17.7. The van der Waals surface area contributed by atoms with Crippen LogP contribution in [0.5, 0.6) is 0 Å². The van der Waals surface area contributed by atoms with E-state index in [-0.39, 0.29) is 5.78 Å². The highest BCUT2D eigenvalue weighted by atomic mass is 16.1. The van der Waals surface area contributed by atoms with Gasteiger partial charge in [0.2, 0.25) is 0 Å². The summed E-state index contributed by atoms with van der Waals surface area (Å²) in [5, 5.41) is 15.0. The topological polar surface area (TPSA) is 65.0 Å². The van der Waals surface area contributed by atoms with Gasteiger partial charge >= 0.3 is 0 Å². The van der Waals surface area contributed by atoms with E-state index in [1.807, 2.05) is 25.3 Å². The number of benzene rings is 1. The molecule has 1 atom stereocenters. The van der Waals surface area contributed by atoms with Crippen LogP contribution in [0.4, 0.5) is 0 Å². The average Bonchev–Trinajstić information content (AvgIpc) is 2.76. The van der Waals surface area contributed by atoms with E-state index < -0.39 is 0 Å². The zero-order valence-electron chi connectivity index (χ0n) is 20.6. The predicted molar refractivity (Wildman–Crippen MR) is 138 cm³/mol. The highest BCUT2D eigenvalue weighted by Gasteiger charge is 2.26. The maximum Gasteiger partial charge on any atom is 0.160 e. The monoisotopic (exact) mass is 433 g/mol. The number of hydrogen-bond acceptors (Lipinski definition) is 4. The third-order valence-corrected chi connectivity index (χ3v) is 6.04. The van der Waals surface area contributed by atoms with Crippen molar-refractivity contribution >= 4 is 23.3 Å². The summed E-state index contributed by atoms with van der Waals surface area (Å²) in [6.07, 6.45) is 10.1. The van der Waals surface area contributed by atoms with Crippen molar-refractivity contribution in [2.45, 2.75) is 66.8 Å². The molecule has 0 saturated heterocycles. The van der Waals surface area contributed by atoms with Crippen LogP contribution in [-0.4, -0.2) is 24.6 Å². The van der Waals surface area contributed by atoms with E-state index >= 15 is 0 Å². The minimum absolute atomic E-state index is 0.0238. The molecule has 0 saturated carbocycles. The number of rotatable bonds is 10. The molecule has 1 aromatic rings. The Labute approximate surface area is 194 Å². The molecule has 3 N–H and O–H groups in total. The number of nitrogens with one attached hydrogen (secondary N) is 3. The molecule has 0 spiro atoms. The van der Waals surface area contributed by atoms with E-state index in [2.05, 4.69) is 57.0 Å².